The van der Waals surface area contributed by atoms with Crippen LogP contribution < -0.4 is 5.32 Å². The molecule has 1 N–H and O–H groups in total. The fraction of sp³-hybridized carbons (Fsp3) is 0. The van der Waals surface area contributed by atoms with E-state index in [1.165, 1.54) is 0 Å². The van der Waals surface area contributed by atoms with Crippen LogP contribution in [0.2, 0.25) is 0 Å². The minimum Gasteiger partial charge on any atom is -0.321 e. The van der Waals surface area contributed by atoms with Crippen molar-refractivity contribution in [2.24, 2.45) is 0 Å². The van der Waals surface area contributed by atoms with Crippen molar-refractivity contribution in [2.45, 2.75) is 0 Å². The Morgan fingerprint density at radius 2 is 2.15 bits per heavy atom. The van der Waals surface area contributed by atoms with Crippen LogP contribution in [0.15, 0.2) is 36.4 Å². The highest BCUT2D eigenvalue weighted by Gasteiger charge is 2.19. The van der Waals surface area contributed by atoms with E-state index in [9.17, 15) is 4.79 Å². The zero-order valence-electron chi connectivity index (χ0n) is 7.79. The van der Waals surface area contributed by atoms with Crippen molar-refractivity contribution >= 4 is 22.4 Å². The molecule has 0 radical (unpaired) electrons. The molecule has 1 amide bonds. The first-order valence-electron chi connectivity index (χ1n) is 4.61. The van der Waals surface area contributed by atoms with Crippen LogP contribution in [0.3, 0.4) is 0 Å². The van der Waals surface area contributed by atoms with E-state index < -0.39 is 0 Å². The molecule has 1 heterocycles. The van der Waals surface area contributed by atoms with Crippen molar-refractivity contribution in [1.29, 1.82) is 0 Å². The van der Waals surface area contributed by atoms with Gasteiger partial charge < -0.3 is 5.32 Å². The standard InChI is InChI=1S/C11H7NO/c13-11-8-5-1-3-7-4-2-6-9(12-11)10(7)8/h1-6H,(H,12,13)/i4D. The topological polar surface area (TPSA) is 29.1 Å². The predicted molar refractivity (Wildman–Crippen MR) is 51.9 cm³/mol. The summed E-state index contributed by atoms with van der Waals surface area (Å²) in [5, 5.41) is 4.49. The van der Waals surface area contributed by atoms with Gasteiger partial charge in [0.25, 0.3) is 5.91 Å². The minimum atomic E-state index is -0.0730. The Balaban J connectivity index is 2.58. The highest BCUT2D eigenvalue weighted by Crippen LogP contribution is 2.32. The first kappa shape index (κ1) is 5.75. The minimum absolute atomic E-state index is 0.0730. The monoisotopic (exact) mass is 170 g/mol. The van der Waals surface area contributed by atoms with Crippen molar-refractivity contribution < 1.29 is 6.17 Å². The summed E-state index contributed by atoms with van der Waals surface area (Å²) in [4.78, 5) is 11.5. The number of carbonyl (C=O) groups is 1. The van der Waals surface area contributed by atoms with E-state index in [4.69, 9.17) is 1.37 Å². The van der Waals surface area contributed by atoms with Gasteiger partial charge in [0.15, 0.2) is 0 Å². The third-order valence-corrected chi connectivity index (χ3v) is 2.32. The zero-order chi connectivity index (χ0) is 9.71. The van der Waals surface area contributed by atoms with Gasteiger partial charge in [0.2, 0.25) is 0 Å². The van der Waals surface area contributed by atoms with Gasteiger partial charge >= 0.3 is 0 Å². The quantitative estimate of drug-likeness (QED) is 0.646. The largest absolute Gasteiger partial charge is 0.321 e. The second-order valence-corrected chi connectivity index (χ2v) is 3.07. The molecule has 1 aliphatic rings. The molecule has 2 aromatic rings. The van der Waals surface area contributed by atoms with Crippen molar-refractivity contribution in [3.05, 3.63) is 41.9 Å². The first-order chi connectivity index (χ1) is 6.77. The summed E-state index contributed by atoms with van der Waals surface area (Å²) in [6.45, 7) is 0. The summed E-state index contributed by atoms with van der Waals surface area (Å²) < 4.78 is 7.71. The molecule has 13 heavy (non-hydrogen) atoms. The second-order valence-electron chi connectivity index (χ2n) is 3.07. The van der Waals surface area contributed by atoms with Gasteiger partial charge in [-0.15, -0.1) is 0 Å². The smallest absolute Gasteiger partial charge is 0.256 e. The maximum atomic E-state index is 11.5. The van der Waals surface area contributed by atoms with Crippen LogP contribution >= 0.6 is 0 Å². The molecule has 2 heteroatoms. The van der Waals surface area contributed by atoms with E-state index in [0.717, 1.165) is 16.5 Å². The van der Waals surface area contributed by atoms with E-state index in [-0.39, 0.29) is 5.91 Å². The van der Waals surface area contributed by atoms with E-state index in [2.05, 4.69) is 5.32 Å². The van der Waals surface area contributed by atoms with Gasteiger partial charge in [0.1, 0.15) is 0 Å². The Hall–Kier alpha value is -1.83. The van der Waals surface area contributed by atoms with Crippen LogP contribution in [0.1, 0.15) is 11.7 Å². The summed E-state index contributed by atoms with van der Waals surface area (Å²) in [5.74, 6) is -0.0730. The van der Waals surface area contributed by atoms with Gasteiger partial charge in [-0.3, -0.25) is 4.79 Å². The van der Waals surface area contributed by atoms with Gasteiger partial charge in [-0.05, 0) is 17.5 Å². The molecule has 0 atom stereocenters. The van der Waals surface area contributed by atoms with E-state index in [1.807, 2.05) is 12.1 Å². The van der Waals surface area contributed by atoms with Crippen molar-refractivity contribution in [2.75, 3.05) is 5.32 Å². The Kier molecular flexibility index (Phi) is 0.930. The van der Waals surface area contributed by atoms with Gasteiger partial charge in [-0.25, -0.2) is 0 Å². The lowest BCUT2D eigenvalue weighted by molar-refractivity contribution is 0.103. The Bertz CT molecular complexity index is 562. The number of carbonyl (C=O) groups excluding carboxylic acids is 1. The molecular weight excluding hydrogens is 162 g/mol. The lowest BCUT2D eigenvalue weighted by Gasteiger charge is -1.97. The lowest BCUT2D eigenvalue weighted by Crippen LogP contribution is -2.03. The molecule has 0 aliphatic carbocycles. The first-order valence-corrected chi connectivity index (χ1v) is 4.11. The fourth-order valence-corrected chi connectivity index (χ4v) is 1.74. The summed E-state index contributed by atoms with van der Waals surface area (Å²) in [6.07, 6.45) is 0. The van der Waals surface area contributed by atoms with Crippen molar-refractivity contribution in [1.82, 2.24) is 0 Å². The highest BCUT2D eigenvalue weighted by atomic mass is 16.1. The maximum Gasteiger partial charge on any atom is 0.256 e. The van der Waals surface area contributed by atoms with Crippen LogP contribution in [-0.2, 0) is 0 Å². The number of hydrogen-bond acceptors (Lipinski definition) is 1. The Morgan fingerprint density at radius 3 is 3.08 bits per heavy atom. The number of amides is 1. The third-order valence-electron chi connectivity index (χ3n) is 2.32. The second kappa shape index (κ2) is 2.10. The van der Waals surface area contributed by atoms with Crippen molar-refractivity contribution in [3.8, 4) is 0 Å². The van der Waals surface area contributed by atoms with Gasteiger partial charge in [-0.2, -0.15) is 0 Å². The van der Waals surface area contributed by atoms with E-state index >= 15 is 0 Å². The Labute approximate surface area is 76.6 Å². The van der Waals surface area contributed by atoms with Crippen LogP contribution in [0.5, 0.6) is 0 Å². The molecule has 1 aliphatic heterocycles. The lowest BCUT2D eigenvalue weighted by atomic mass is 10.1. The van der Waals surface area contributed by atoms with Gasteiger partial charge in [-0.1, -0.05) is 24.2 Å². The van der Waals surface area contributed by atoms with Crippen molar-refractivity contribution in [3.63, 3.8) is 0 Å². The van der Waals surface area contributed by atoms with Crippen LogP contribution in [0.25, 0.3) is 10.8 Å². The SMILES string of the molecule is [2H]c1ccc2c3c(cccc13)C(=O)N2. The average molecular weight is 170 g/mol. The zero-order valence-corrected chi connectivity index (χ0v) is 6.79. The summed E-state index contributed by atoms with van der Waals surface area (Å²) >= 11 is 0. The Morgan fingerprint density at radius 1 is 1.23 bits per heavy atom. The molecule has 62 valence electrons. The molecular formula is C11H7NO. The average Bonchev–Trinajstić information content (AvgIpc) is 2.52. The molecule has 0 spiro atoms. The molecule has 0 aromatic heterocycles. The molecule has 0 saturated carbocycles. The molecule has 0 bridgehead atoms. The van der Waals surface area contributed by atoms with E-state index in [0.29, 0.717) is 11.6 Å². The number of hydrogen-bond donors (Lipinski definition) is 1. The normalized spacial score (nSPS) is 14.5. The summed E-state index contributed by atoms with van der Waals surface area (Å²) in [5.41, 5.74) is 1.49. The highest BCUT2D eigenvalue weighted by molar-refractivity contribution is 6.23. The fourth-order valence-electron chi connectivity index (χ4n) is 1.74. The van der Waals surface area contributed by atoms with Crippen LogP contribution in [0.4, 0.5) is 5.69 Å². The predicted octanol–water partition coefficient (Wildman–Crippen LogP) is 2.41. The molecule has 2 aromatic carbocycles. The summed E-state index contributed by atoms with van der Waals surface area (Å²) in [6, 6.07) is 9.40. The molecule has 3 rings (SSSR count). The maximum absolute atomic E-state index is 11.5. The molecule has 0 unspecified atom stereocenters. The third kappa shape index (κ3) is 0.746. The summed E-state index contributed by atoms with van der Waals surface area (Å²) in [7, 11) is 0. The van der Waals surface area contributed by atoms with Gasteiger partial charge in [0.05, 0.1) is 1.37 Å². The number of benzene rings is 2. The van der Waals surface area contributed by atoms with Crippen LogP contribution in [0, 0.1) is 0 Å². The van der Waals surface area contributed by atoms with Crippen LogP contribution in [-0.4, -0.2) is 5.91 Å². The number of nitrogens with one attached hydrogen (secondary N) is 1. The molecule has 0 fully saturated rings. The molecule has 2 nitrogen and oxygen atoms in total. The van der Waals surface area contributed by atoms with E-state index in [1.54, 1.807) is 18.2 Å². The van der Waals surface area contributed by atoms with Gasteiger partial charge in [0, 0.05) is 16.6 Å². The number of rotatable bonds is 0. The number of anilines is 1. The molecule has 0 saturated heterocycles.